The number of aromatic hydroxyl groups is 1. The number of nitrogens with one attached hydrogen (secondary N) is 2. The summed E-state index contributed by atoms with van der Waals surface area (Å²) < 4.78 is 0. The third-order valence-electron chi connectivity index (χ3n) is 3.11. The molecule has 1 aromatic heterocycles. The van der Waals surface area contributed by atoms with Crippen LogP contribution in [-0.4, -0.2) is 22.5 Å². The molecule has 4 nitrogen and oxygen atoms in total. The van der Waals surface area contributed by atoms with Gasteiger partial charge in [0.2, 0.25) is 0 Å². The number of amides is 1. The average molecular weight is 216 g/mol. The van der Waals surface area contributed by atoms with Crippen LogP contribution in [0.4, 0.5) is 0 Å². The van der Waals surface area contributed by atoms with E-state index in [9.17, 15) is 9.90 Å². The minimum absolute atomic E-state index is 0.0659. The smallest absolute Gasteiger partial charge is 0.268 e. The molecule has 0 saturated heterocycles. The first-order chi connectivity index (χ1) is 7.66. The van der Waals surface area contributed by atoms with Gasteiger partial charge in [0, 0.05) is 23.4 Å². The molecule has 1 aromatic carbocycles. The molecule has 82 valence electrons. The van der Waals surface area contributed by atoms with E-state index in [4.69, 9.17) is 0 Å². The van der Waals surface area contributed by atoms with E-state index in [1.807, 2.05) is 0 Å². The van der Waals surface area contributed by atoms with Gasteiger partial charge >= 0.3 is 0 Å². The first-order valence-electron chi connectivity index (χ1n) is 5.29. The summed E-state index contributed by atoms with van der Waals surface area (Å²) in [5.41, 5.74) is 2.53. The van der Waals surface area contributed by atoms with Crippen molar-refractivity contribution in [3.8, 4) is 5.75 Å². The third-order valence-corrected chi connectivity index (χ3v) is 3.11. The van der Waals surface area contributed by atoms with Gasteiger partial charge in [-0.1, -0.05) is 6.92 Å². The number of rotatable bonds is 0. The Morgan fingerprint density at radius 1 is 1.44 bits per heavy atom. The molecule has 2 heterocycles. The topological polar surface area (TPSA) is 65.1 Å². The molecule has 4 heteroatoms. The molecule has 2 aromatic rings. The van der Waals surface area contributed by atoms with Gasteiger partial charge in [-0.3, -0.25) is 4.79 Å². The first kappa shape index (κ1) is 9.27. The fourth-order valence-electron chi connectivity index (χ4n) is 2.33. The van der Waals surface area contributed by atoms with Gasteiger partial charge in [-0.2, -0.15) is 0 Å². The van der Waals surface area contributed by atoms with Crippen LogP contribution in [-0.2, 0) is 0 Å². The number of fused-ring (bicyclic) bond motifs is 3. The zero-order chi connectivity index (χ0) is 11.3. The lowest BCUT2D eigenvalue weighted by atomic mass is 9.94. The van der Waals surface area contributed by atoms with Gasteiger partial charge in [-0.05, 0) is 23.8 Å². The van der Waals surface area contributed by atoms with Crippen LogP contribution >= 0.6 is 0 Å². The Hall–Kier alpha value is -1.97. The van der Waals surface area contributed by atoms with Crippen molar-refractivity contribution < 1.29 is 9.90 Å². The van der Waals surface area contributed by atoms with Crippen LogP contribution in [0.25, 0.3) is 10.9 Å². The van der Waals surface area contributed by atoms with E-state index < -0.39 is 0 Å². The number of H-pyrrole nitrogens is 1. The lowest BCUT2D eigenvalue weighted by Crippen LogP contribution is -2.33. The van der Waals surface area contributed by atoms with E-state index in [0.717, 1.165) is 16.5 Å². The number of aromatic amines is 1. The summed E-state index contributed by atoms with van der Waals surface area (Å²) in [6, 6.07) is 5.12. The maximum absolute atomic E-state index is 11.7. The molecule has 16 heavy (non-hydrogen) atoms. The standard InChI is InChI=1S/C12H12N2O2/c1-6-5-13-12(16)11-10(6)8-4-7(15)2-3-9(8)14-11/h2-4,6,14-15H,5H2,1H3,(H,13,16). The second kappa shape index (κ2) is 3.01. The second-order valence-electron chi connectivity index (χ2n) is 4.25. The molecule has 0 radical (unpaired) electrons. The SMILES string of the molecule is CC1CNC(=O)c2[nH]c3ccc(O)cc3c21. The molecule has 0 bridgehead atoms. The fraction of sp³-hybridized carbons (Fsp3) is 0.250. The van der Waals surface area contributed by atoms with Crippen LogP contribution in [0.1, 0.15) is 28.9 Å². The Bertz CT molecular complexity index is 586. The summed E-state index contributed by atoms with van der Waals surface area (Å²) in [6.45, 7) is 2.71. The predicted molar refractivity (Wildman–Crippen MR) is 60.7 cm³/mol. The molecule has 0 saturated carbocycles. The Morgan fingerprint density at radius 2 is 2.25 bits per heavy atom. The lowest BCUT2D eigenvalue weighted by Gasteiger charge is -2.19. The van der Waals surface area contributed by atoms with Gasteiger partial charge in [0.25, 0.3) is 5.91 Å². The molecule has 3 rings (SSSR count). The molecule has 3 N–H and O–H groups in total. The van der Waals surface area contributed by atoms with Crippen LogP contribution < -0.4 is 5.32 Å². The van der Waals surface area contributed by atoms with E-state index in [2.05, 4.69) is 17.2 Å². The number of phenolic OH excluding ortho intramolecular Hbond substituents is 1. The number of benzene rings is 1. The van der Waals surface area contributed by atoms with Crippen molar-refractivity contribution in [2.24, 2.45) is 0 Å². The van der Waals surface area contributed by atoms with Crippen molar-refractivity contribution >= 4 is 16.8 Å². The molecular formula is C12H12N2O2. The van der Waals surface area contributed by atoms with Crippen molar-refractivity contribution in [3.05, 3.63) is 29.5 Å². The molecule has 0 spiro atoms. The van der Waals surface area contributed by atoms with Crippen molar-refractivity contribution in [3.63, 3.8) is 0 Å². The van der Waals surface area contributed by atoms with E-state index >= 15 is 0 Å². The molecule has 1 amide bonds. The Balaban J connectivity index is 2.38. The van der Waals surface area contributed by atoms with E-state index in [1.54, 1.807) is 18.2 Å². The highest BCUT2D eigenvalue weighted by Crippen LogP contribution is 2.33. The van der Waals surface area contributed by atoms with Crippen LogP contribution in [0.15, 0.2) is 18.2 Å². The normalized spacial score (nSPS) is 19.6. The molecule has 0 aliphatic carbocycles. The second-order valence-corrected chi connectivity index (χ2v) is 4.25. The predicted octanol–water partition coefficient (Wildman–Crippen LogP) is 1.72. The number of carbonyl (C=O) groups excluding carboxylic acids is 1. The summed E-state index contributed by atoms with van der Waals surface area (Å²) >= 11 is 0. The highest BCUT2D eigenvalue weighted by molar-refractivity contribution is 6.02. The van der Waals surface area contributed by atoms with Crippen molar-refractivity contribution in [1.29, 1.82) is 0 Å². The van der Waals surface area contributed by atoms with Gasteiger partial charge in [-0.15, -0.1) is 0 Å². The third kappa shape index (κ3) is 1.13. The molecule has 1 unspecified atom stereocenters. The van der Waals surface area contributed by atoms with Crippen LogP contribution in [0.2, 0.25) is 0 Å². The zero-order valence-electron chi connectivity index (χ0n) is 8.87. The minimum Gasteiger partial charge on any atom is -0.508 e. The van der Waals surface area contributed by atoms with Crippen molar-refractivity contribution in [1.82, 2.24) is 10.3 Å². The summed E-state index contributed by atoms with van der Waals surface area (Å²) in [5.74, 6) is 0.430. The van der Waals surface area contributed by atoms with E-state index in [-0.39, 0.29) is 17.6 Å². The molecule has 1 aliphatic rings. The highest BCUT2D eigenvalue weighted by atomic mass is 16.3. The number of phenols is 1. The van der Waals surface area contributed by atoms with Gasteiger partial charge in [0.1, 0.15) is 11.4 Å². The minimum atomic E-state index is -0.0659. The van der Waals surface area contributed by atoms with Gasteiger partial charge < -0.3 is 15.4 Å². The Labute approximate surface area is 92.3 Å². The highest BCUT2D eigenvalue weighted by Gasteiger charge is 2.26. The van der Waals surface area contributed by atoms with Crippen LogP contribution in [0.5, 0.6) is 5.75 Å². The summed E-state index contributed by atoms with van der Waals surface area (Å²) in [5, 5.41) is 13.3. The van der Waals surface area contributed by atoms with Gasteiger partial charge in [-0.25, -0.2) is 0 Å². The maximum Gasteiger partial charge on any atom is 0.268 e. The maximum atomic E-state index is 11.7. The van der Waals surface area contributed by atoms with Gasteiger partial charge in [0.15, 0.2) is 0 Å². The zero-order valence-corrected chi connectivity index (χ0v) is 8.87. The van der Waals surface area contributed by atoms with Gasteiger partial charge in [0.05, 0.1) is 0 Å². The monoisotopic (exact) mass is 216 g/mol. The fourth-order valence-corrected chi connectivity index (χ4v) is 2.33. The van der Waals surface area contributed by atoms with E-state index in [0.29, 0.717) is 12.2 Å². The molecule has 1 aliphatic heterocycles. The number of hydrogen-bond acceptors (Lipinski definition) is 2. The summed E-state index contributed by atoms with van der Waals surface area (Å²) in [7, 11) is 0. The molecular weight excluding hydrogens is 204 g/mol. The summed E-state index contributed by atoms with van der Waals surface area (Å²) in [6.07, 6.45) is 0. The van der Waals surface area contributed by atoms with Crippen LogP contribution in [0, 0.1) is 0 Å². The largest absolute Gasteiger partial charge is 0.508 e. The Kier molecular flexibility index (Phi) is 1.74. The van der Waals surface area contributed by atoms with Crippen molar-refractivity contribution in [2.75, 3.05) is 6.54 Å². The number of carbonyl (C=O) groups is 1. The lowest BCUT2D eigenvalue weighted by molar-refractivity contribution is 0.0937. The van der Waals surface area contributed by atoms with Crippen LogP contribution in [0.3, 0.4) is 0 Å². The Morgan fingerprint density at radius 3 is 3.06 bits per heavy atom. The van der Waals surface area contributed by atoms with E-state index in [1.165, 1.54) is 0 Å². The molecule has 0 fully saturated rings. The van der Waals surface area contributed by atoms with Crippen molar-refractivity contribution in [2.45, 2.75) is 12.8 Å². The number of aromatic nitrogens is 1. The molecule has 1 atom stereocenters. The average Bonchev–Trinajstić information content (AvgIpc) is 2.63. The summed E-state index contributed by atoms with van der Waals surface area (Å²) in [4.78, 5) is 14.8. The number of hydrogen-bond donors (Lipinski definition) is 3. The first-order valence-corrected chi connectivity index (χ1v) is 5.29. The quantitative estimate of drug-likeness (QED) is 0.627.